The van der Waals surface area contributed by atoms with E-state index in [1.165, 1.54) is 0 Å². The third-order valence-electron chi connectivity index (χ3n) is 9.03. The number of fused-ring (bicyclic) bond motifs is 9. The lowest BCUT2D eigenvalue weighted by atomic mass is 9.87. The third kappa shape index (κ3) is 5.44. The second-order valence-electron chi connectivity index (χ2n) is 11.9. The topological polar surface area (TPSA) is 60.3 Å². The van der Waals surface area contributed by atoms with Crippen molar-refractivity contribution in [3.63, 3.8) is 0 Å². The van der Waals surface area contributed by atoms with E-state index in [1.807, 2.05) is 60.7 Å². The molecule has 0 fully saturated rings. The predicted molar refractivity (Wildman–Crippen MR) is 202 cm³/mol. The van der Waals surface area contributed by atoms with Crippen LogP contribution in [0.15, 0.2) is 81.8 Å². The average molecular weight is 739 g/mol. The highest BCUT2D eigenvalue weighted by molar-refractivity contribution is 6.43. The van der Waals surface area contributed by atoms with Crippen LogP contribution < -0.4 is 0 Å². The largest absolute Gasteiger partial charge is 0.354 e. The molecule has 0 saturated carbocycles. The fourth-order valence-electron chi connectivity index (χ4n) is 6.86. The summed E-state index contributed by atoms with van der Waals surface area (Å²) in [6.45, 7) is 0. The van der Waals surface area contributed by atoms with Gasteiger partial charge in [-0.3, -0.25) is 0 Å². The monoisotopic (exact) mass is 736 g/mol. The lowest BCUT2D eigenvalue weighted by molar-refractivity contribution is 0.655. The van der Waals surface area contributed by atoms with E-state index in [2.05, 4.69) is 33.2 Å². The number of hydrogen-bond acceptors (Lipinski definition) is 1. The molecule has 5 aromatic rings. The van der Waals surface area contributed by atoms with E-state index in [0.717, 1.165) is 80.3 Å². The molecule has 0 amide bonds. The molecule has 47 heavy (non-hydrogen) atoms. The van der Waals surface area contributed by atoms with Gasteiger partial charge >= 0.3 is 0 Å². The lowest BCUT2D eigenvalue weighted by Crippen LogP contribution is -2.18. The SMILES string of the molecule is ClC1=CCCC(Cl)=C1c1c2ccc([nH]2)c(-c2c(Cl)cccc2Cl)c2nc(c(C3C(Cl)=CCCC3Cl)c3ccc([nH]3)c3ccc1[nH]3)C=C2. The Kier molecular flexibility index (Phi) is 8.24. The molecular formula is C37H26Cl6N4. The van der Waals surface area contributed by atoms with Gasteiger partial charge < -0.3 is 15.0 Å². The van der Waals surface area contributed by atoms with Crippen LogP contribution in [0.1, 0.15) is 54.1 Å². The number of aromatic amines is 3. The van der Waals surface area contributed by atoms with E-state index in [4.69, 9.17) is 74.6 Å². The van der Waals surface area contributed by atoms with Gasteiger partial charge in [-0.05, 0) is 86.4 Å². The van der Waals surface area contributed by atoms with Crippen molar-refractivity contribution in [3.05, 3.63) is 114 Å². The van der Waals surface area contributed by atoms with Crippen molar-refractivity contribution < 1.29 is 0 Å². The molecule has 1 aliphatic heterocycles. The number of benzene rings is 1. The van der Waals surface area contributed by atoms with E-state index in [0.29, 0.717) is 42.8 Å². The molecule has 0 saturated heterocycles. The minimum atomic E-state index is -0.255. The highest BCUT2D eigenvalue weighted by Crippen LogP contribution is 2.45. The summed E-state index contributed by atoms with van der Waals surface area (Å²) >= 11 is 41.6. The number of hydrogen-bond donors (Lipinski definition) is 3. The summed E-state index contributed by atoms with van der Waals surface area (Å²) in [5.41, 5.74) is 10.6. The van der Waals surface area contributed by atoms with Crippen molar-refractivity contribution in [2.24, 2.45) is 0 Å². The first-order valence-electron chi connectivity index (χ1n) is 15.3. The third-order valence-corrected chi connectivity index (χ3v) is 11.2. The zero-order chi connectivity index (χ0) is 32.4. The number of alkyl halides is 1. The molecule has 4 nitrogen and oxygen atoms in total. The van der Waals surface area contributed by atoms with Crippen LogP contribution in [0.5, 0.6) is 0 Å². The number of H-pyrrole nitrogens is 3. The first kappa shape index (κ1) is 31.2. The van der Waals surface area contributed by atoms with Crippen molar-refractivity contribution >= 4 is 120 Å². The number of nitrogens with zero attached hydrogens (tertiary/aromatic N) is 1. The normalized spacial score (nSPS) is 19.0. The second-order valence-corrected chi connectivity index (χ2v) is 14.5. The van der Waals surface area contributed by atoms with Crippen LogP contribution in [0.3, 0.4) is 0 Å². The summed E-state index contributed by atoms with van der Waals surface area (Å²) < 4.78 is 0. The molecular weight excluding hydrogens is 713 g/mol. The van der Waals surface area contributed by atoms with Crippen LogP contribution in [0, 0.1) is 0 Å². The van der Waals surface area contributed by atoms with E-state index >= 15 is 0 Å². The van der Waals surface area contributed by atoms with Gasteiger partial charge in [0.05, 0.1) is 32.5 Å². The molecule has 3 N–H and O–H groups in total. The maximum absolute atomic E-state index is 7.04. The smallest absolute Gasteiger partial charge is 0.0738 e. The molecule has 1 aromatic carbocycles. The van der Waals surface area contributed by atoms with Gasteiger partial charge in [-0.1, -0.05) is 76.2 Å². The fourth-order valence-corrected chi connectivity index (χ4v) is 8.95. The Bertz CT molecular complexity index is 2330. The van der Waals surface area contributed by atoms with Gasteiger partial charge in [0, 0.05) is 76.3 Å². The number of allylic oxidation sites excluding steroid dienone is 6. The molecule has 2 aliphatic carbocycles. The van der Waals surface area contributed by atoms with Gasteiger partial charge in [0.15, 0.2) is 0 Å². The summed E-state index contributed by atoms with van der Waals surface area (Å²) in [5.74, 6) is -0.255. The number of halogens is 6. The fraction of sp³-hybridized carbons (Fsp3) is 0.162. The summed E-state index contributed by atoms with van der Waals surface area (Å²) in [5, 5.41) is 2.83. The van der Waals surface area contributed by atoms with E-state index in [1.54, 1.807) is 0 Å². The molecule has 4 aromatic heterocycles. The molecule has 3 aliphatic rings. The van der Waals surface area contributed by atoms with Crippen molar-refractivity contribution in [1.29, 1.82) is 0 Å². The highest BCUT2D eigenvalue weighted by Gasteiger charge is 2.31. The van der Waals surface area contributed by atoms with E-state index < -0.39 is 0 Å². The number of rotatable bonds is 3. The van der Waals surface area contributed by atoms with E-state index in [9.17, 15) is 0 Å². The van der Waals surface area contributed by atoms with Crippen molar-refractivity contribution in [2.75, 3.05) is 0 Å². The Morgan fingerprint density at radius 3 is 1.89 bits per heavy atom. The first-order chi connectivity index (χ1) is 22.8. The van der Waals surface area contributed by atoms with Gasteiger partial charge in [-0.25, -0.2) is 4.98 Å². The predicted octanol–water partition coefficient (Wildman–Crippen LogP) is 13.1. The Balaban J connectivity index is 1.57. The van der Waals surface area contributed by atoms with Crippen molar-refractivity contribution in [1.82, 2.24) is 19.9 Å². The summed E-state index contributed by atoms with van der Waals surface area (Å²) in [4.78, 5) is 16.2. The molecule has 2 unspecified atom stereocenters. The number of aromatic nitrogens is 4. The molecule has 8 rings (SSSR count). The van der Waals surface area contributed by atoms with Crippen LogP contribution in [0.25, 0.3) is 62.0 Å². The van der Waals surface area contributed by atoms with Crippen LogP contribution in [-0.4, -0.2) is 25.3 Å². The zero-order valence-electron chi connectivity index (χ0n) is 24.7. The minimum absolute atomic E-state index is 0.204. The Labute approximate surface area is 301 Å². The maximum atomic E-state index is 7.04. The maximum Gasteiger partial charge on any atom is 0.0738 e. The summed E-state index contributed by atoms with van der Waals surface area (Å²) in [6, 6.07) is 17.7. The molecule has 0 radical (unpaired) electrons. The van der Waals surface area contributed by atoms with Crippen LogP contribution in [0.4, 0.5) is 0 Å². The van der Waals surface area contributed by atoms with Gasteiger partial charge in [-0.15, -0.1) is 11.6 Å². The molecule has 5 heterocycles. The van der Waals surface area contributed by atoms with Gasteiger partial charge in [0.1, 0.15) is 0 Å². The van der Waals surface area contributed by atoms with Gasteiger partial charge in [0.2, 0.25) is 0 Å². The highest BCUT2D eigenvalue weighted by atomic mass is 35.5. The minimum Gasteiger partial charge on any atom is -0.354 e. The van der Waals surface area contributed by atoms with Gasteiger partial charge in [-0.2, -0.15) is 0 Å². The van der Waals surface area contributed by atoms with Crippen LogP contribution in [-0.2, 0) is 0 Å². The van der Waals surface area contributed by atoms with Crippen LogP contribution in [0.2, 0.25) is 10.0 Å². The Morgan fingerprint density at radius 1 is 0.617 bits per heavy atom. The lowest BCUT2D eigenvalue weighted by Gasteiger charge is -2.26. The quantitative estimate of drug-likeness (QED) is 0.156. The molecule has 0 spiro atoms. The van der Waals surface area contributed by atoms with Crippen molar-refractivity contribution in [2.45, 2.75) is 37.0 Å². The number of nitrogens with one attached hydrogen (secondary N) is 3. The first-order valence-corrected chi connectivity index (χ1v) is 17.6. The summed E-state index contributed by atoms with van der Waals surface area (Å²) in [6.07, 6.45) is 11.2. The Hall–Kier alpha value is -3.09. The second kappa shape index (κ2) is 12.4. The van der Waals surface area contributed by atoms with Crippen LogP contribution >= 0.6 is 69.6 Å². The molecule has 236 valence electrons. The Morgan fingerprint density at radius 2 is 1.21 bits per heavy atom. The molecule has 10 heteroatoms. The summed E-state index contributed by atoms with van der Waals surface area (Å²) in [7, 11) is 0. The molecule has 2 atom stereocenters. The van der Waals surface area contributed by atoms with Gasteiger partial charge in [0.25, 0.3) is 0 Å². The van der Waals surface area contributed by atoms with E-state index in [-0.39, 0.29) is 11.3 Å². The standard InChI is InChI=1S/C37H26Cl6N4/c38-18-4-1-5-19(39)32(18)35-26-12-10-24(44-26)25-11-13-27(45-25)36(33-20(40)6-2-7-21(33)41)29-15-17-31(47-29)37(30-16-14-28(35)46-30)34-22(42)8-3-9-23(34)43/h3-4,6,8-17,19,32,44-45,47H,1-2,5,7H2. The average Bonchev–Trinajstić information content (AvgIpc) is 3.86. The molecule has 8 bridgehead atoms. The zero-order valence-corrected chi connectivity index (χ0v) is 29.2. The van der Waals surface area contributed by atoms with Crippen molar-refractivity contribution in [3.8, 4) is 11.1 Å².